The Labute approximate surface area is 217 Å². The van der Waals surface area contributed by atoms with Crippen molar-refractivity contribution in [1.82, 2.24) is 14.8 Å². The Balaban J connectivity index is 1.76. The van der Waals surface area contributed by atoms with Gasteiger partial charge in [0, 0.05) is 37.2 Å². The highest BCUT2D eigenvalue weighted by Gasteiger charge is 2.24. The molecule has 1 fully saturated rings. The number of piperidine rings is 1. The predicted molar refractivity (Wildman–Crippen MR) is 147 cm³/mol. The average molecular weight is 505 g/mol. The van der Waals surface area contributed by atoms with Crippen LogP contribution >= 0.6 is 0 Å². The average Bonchev–Trinajstić information content (AvgIpc) is 2.90. The number of nitrogens with zero attached hydrogens (tertiary/aromatic N) is 3. The Bertz CT molecular complexity index is 1370. The molecule has 0 aliphatic carbocycles. The molecule has 1 aliphatic rings. The van der Waals surface area contributed by atoms with Gasteiger partial charge in [-0.25, -0.2) is 0 Å². The number of hydrogen-bond acceptors (Lipinski definition) is 5. The molecule has 2 amide bonds. The summed E-state index contributed by atoms with van der Waals surface area (Å²) in [5.74, 6) is -0.326. The minimum Gasteiger partial charge on any atom is -0.395 e. The zero-order valence-electron chi connectivity index (χ0n) is 22.1. The molecule has 0 atom stereocenters. The maximum Gasteiger partial charge on any atom is 0.258 e. The monoisotopic (exact) mass is 504 g/mol. The lowest BCUT2D eigenvalue weighted by atomic mass is 9.87. The van der Waals surface area contributed by atoms with Gasteiger partial charge in [-0.2, -0.15) is 0 Å². The first kappa shape index (κ1) is 26.6. The van der Waals surface area contributed by atoms with E-state index in [1.165, 1.54) is 4.90 Å². The van der Waals surface area contributed by atoms with Crippen LogP contribution in [0, 0.1) is 6.92 Å². The third kappa shape index (κ3) is 5.45. The Morgan fingerprint density at radius 2 is 1.84 bits per heavy atom. The maximum absolute atomic E-state index is 13.7. The molecule has 0 radical (unpaired) electrons. The molecule has 8 heteroatoms. The van der Waals surface area contributed by atoms with Crippen molar-refractivity contribution in [3.05, 3.63) is 75.1 Å². The molecule has 1 saturated heterocycles. The maximum atomic E-state index is 13.7. The summed E-state index contributed by atoms with van der Waals surface area (Å²) in [5, 5.41) is 12.7. The molecule has 0 unspecified atom stereocenters. The summed E-state index contributed by atoms with van der Waals surface area (Å²) in [6, 6.07) is 12.6. The second kappa shape index (κ2) is 11.3. The van der Waals surface area contributed by atoms with Crippen LogP contribution in [-0.4, -0.2) is 66.7 Å². The van der Waals surface area contributed by atoms with Crippen LogP contribution in [0.15, 0.2) is 47.3 Å². The molecule has 37 heavy (non-hydrogen) atoms. The van der Waals surface area contributed by atoms with Gasteiger partial charge in [-0.3, -0.25) is 14.4 Å². The van der Waals surface area contributed by atoms with E-state index in [1.807, 2.05) is 32.0 Å². The summed E-state index contributed by atoms with van der Waals surface area (Å²) in [5.41, 5.74) is 4.07. The first-order valence-electron chi connectivity index (χ1n) is 12.9. The lowest BCUT2D eigenvalue weighted by Gasteiger charge is -2.30. The predicted octanol–water partition coefficient (Wildman–Crippen LogP) is 3.14. The van der Waals surface area contributed by atoms with E-state index < -0.39 is 0 Å². The van der Waals surface area contributed by atoms with Gasteiger partial charge in [-0.15, -0.1) is 0 Å². The number of carbonyl (C=O) groups is 2. The Morgan fingerprint density at radius 3 is 2.51 bits per heavy atom. The molecule has 0 spiro atoms. The topological polar surface area (TPSA) is 94.9 Å². The fourth-order valence-corrected chi connectivity index (χ4v) is 5.22. The van der Waals surface area contributed by atoms with Crippen molar-refractivity contribution >= 4 is 28.4 Å². The number of benzene rings is 2. The number of fused-ring (bicyclic) bond motifs is 1. The van der Waals surface area contributed by atoms with E-state index in [2.05, 4.69) is 17.3 Å². The first-order valence-corrected chi connectivity index (χ1v) is 12.9. The number of carbonyl (C=O) groups excluding carboxylic acids is 2. The van der Waals surface area contributed by atoms with Crippen LogP contribution in [0.25, 0.3) is 10.9 Å². The van der Waals surface area contributed by atoms with E-state index in [0.29, 0.717) is 23.4 Å². The van der Waals surface area contributed by atoms with E-state index in [-0.39, 0.29) is 36.4 Å². The molecule has 2 heterocycles. The van der Waals surface area contributed by atoms with Crippen molar-refractivity contribution in [1.29, 1.82) is 0 Å². The quantitative estimate of drug-likeness (QED) is 0.516. The third-order valence-electron chi connectivity index (χ3n) is 7.32. The Hall–Kier alpha value is -3.49. The summed E-state index contributed by atoms with van der Waals surface area (Å²) in [4.78, 5) is 43.2. The summed E-state index contributed by atoms with van der Waals surface area (Å²) < 4.78 is 1.75. The second-order valence-corrected chi connectivity index (χ2v) is 9.86. The molecule has 0 saturated carbocycles. The molecular weight excluding hydrogens is 468 g/mol. The number of rotatable bonds is 7. The number of hydrogen-bond donors (Lipinski definition) is 2. The summed E-state index contributed by atoms with van der Waals surface area (Å²) in [7, 11) is 3.77. The van der Waals surface area contributed by atoms with E-state index >= 15 is 0 Å². The zero-order chi connectivity index (χ0) is 26.7. The molecule has 196 valence electrons. The number of anilines is 1. The summed E-state index contributed by atoms with van der Waals surface area (Å²) in [6.45, 7) is 6.29. The summed E-state index contributed by atoms with van der Waals surface area (Å²) in [6.07, 6.45) is 1.93. The largest absolute Gasteiger partial charge is 0.395 e. The van der Waals surface area contributed by atoms with Crippen LogP contribution in [0.2, 0.25) is 0 Å². The van der Waals surface area contributed by atoms with Gasteiger partial charge in [0.2, 0.25) is 0 Å². The summed E-state index contributed by atoms with van der Waals surface area (Å²) >= 11 is 0. The van der Waals surface area contributed by atoms with Gasteiger partial charge in [0.25, 0.3) is 17.4 Å². The van der Waals surface area contributed by atoms with Gasteiger partial charge in [0.1, 0.15) is 0 Å². The normalized spacial score (nSPS) is 14.6. The number of aryl methyl sites for hydroxylation is 2. The van der Waals surface area contributed by atoms with E-state index in [9.17, 15) is 14.4 Å². The number of aliphatic hydroxyl groups is 1. The fourth-order valence-electron chi connectivity index (χ4n) is 5.22. The number of pyridine rings is 1. The number of aliphatic hydroxyl groups excluding tert-OH is 1. The van der Waals surface area contributed by atoms with Crippen LogP contribution in [0.4, 0.5) is 5.69 Å². The van der Waals surface area contributed by atoms with Gasteiger partial charge in [-0.05, 0) is 88.6 Å². The lowest BCUT2D eigenvalue weighted by Crippen LogP contribution is -2.32. The van der Waals surface area contributed by atoms with Crippen LogP contribution < -0.4 is 15.8 Å². The highest BCUT2D eigenvalue weighted by atomic mass is 16.3. The number of amides is 2. The lowest BCUT2D eigenvalue weighted by molar-refractivity contribution is 0.0945. The minimum absolute atomic E-state index is 0.0155. The van der Waals surface area contributed by atoms with Crippen molar-refractivity contribution < 1.29 is 14.7 Å². The van der Waals surface area contributed by atoms with E-state index in [4.69, 9.17) is 5.11 Å². The Morgan fingerprint density at radius 1 is 1.11 bits per heavy atom. The number of aromatic nitrogens is 1. The first-order chi connectivity index (χ1) is 17.7. The molecule has 1 aliphatic heterocycles. The highest BCUT2D eigenvalue weighted by Crippen LogP contribution is 2.33. The van der Waals surface area contributed by atoms with Crippen LogP contribution in [0.1, 0.15) is 57.5 Å². The number of nitrogens with one attached hydrogen (secondary N) is 1. The van der Waals surface area contributed by atoms with E-state index in [1.54, 1.807) is 35.9 Å². The zero-order valence-corrected chi connectivity index (χ0v) is 22.1. The smallest absolute Gasteiger partial charge is 0.258 e. The SMILES string of the molecule is CCn1c(=O)cc(C2CCN(C)CC2)c2cc(C(=O)N(C)c3ccc(C)cc3C(=O)NCCO)ccc21. The highest BCUT2D eigenvalue weighted by molar-refractivity contribution is 6.11. The Kier molecular flexibility index (Phi) is 8.10. The van der Waals surface area contributed by atoms with Crippen LogP contribution in [0.5, 0.6) is 0 Å². The van der Waals surface area contributed by atoms with Crippen molar-refractivity contribution in [2.45, 2.75) is 39.2 Å². The van der Waals surface area contributed by atoms with E-state index in [0.717, 1.165) is 48.0 Å². The van der Waals surface area contributed by atoms with Gasteiger partial charge in [0.05, 0.1) is 23.4 Å². The van der Waals surface area contributed by atoms with Gasteiger partial charge in [-0.1, -0.05) is 11.6 Å². The molecule has 0 bridgehead atoms. The van der Waals surface area contributed by atoms with Gasteiger partial charge in [0.15, 0.2) is 0 Å². The van der Waals surface area contributed by atoms with Crippen molar-refractivity contribution in [2.24, 2.45) is 0 Å². The molecule has 4 rings (SSSR count). The van der Waals surface area contributed by atoms with Gasteiger partial charge >= 0.3 is 0 Å². The molecule has 2 aromatic carbocycles. The molecule has 1 aromatic heterocycles. The van der Waals surface area contributed by atoms with Crippen LogP contribution in [-0.2, 0) is 6.54 Å². The van der Waals surface area contributed by atoms with Crippen LogP contribution in [0.3, 0.4) is 0 Å². The molecule has 2 N–H and O–H groups in total. The molecule has 8 nitrogen and oxygen atoms in total. The second-order valence-electron chi connectivity index (χ2n) is 9.86. The minimum atomic E-state index is -0.345. The standard InChI is InChI=1S/C29H36N4O4/c1-5-33-26-9-7-21(17-23(26)22(18-27(33)35)20-10-13-31(3)14-11-20)29(37)32(4)25-8-6-19(2)16-24(25)28(36)30-12-15-34/h6-9,16-18,20,34H,5,10-15H2,1-4H3,(H,30,36). The van der Waals surface area contributed by atoms with Crippen molar-refractivity contribution in [3.8, 4) is 0 Å². The molecular formula is C29H36N4O4. The fraction of sp³-hybridized carbons (Fsp3) is 0.414. The molecule has 3 aromatic rings. The van der Waals surface area contributed by atoms with Gasteiger partial charge < -0.3 is 24.8 Å². The third-order valence-corrected chi connectivity index (χ3v) is 7.32. The van der Waals surface area contributed by atoms with Crippen molar-refractivity contribution in [2.75, 3.05) is 45.2 Å². The number of likely N-dealkylation sites (tertiary alicyclic amines) is 1. The van der Waals surface area contributed by atoms with Crippen molar-refractivity contribution in [3.63, 3.8) is 0 Å².